The molecule has 2 N–H and O–H groups in total. The third-order valence-electron chi connectivity index (χ3n) is 3.69. The molecule has 2 aliphatic rings. The van der Waals surface area contributed by atoms with Crippen molar-refractivity contribution in [2.75, 3.05) is 6.54 Å². The van der Waals surface area contributed by atoms with Crippen LogP contribution in [0.5, 0.6) is 0 Å². The van der Waals surface area contributed by atoms with Gasteiger partial charge in [-0.25, -0.2) is 4.79 Å². The van der Waals surface area contributed by atoms with E-state index in [-0.39, 0.29) is 17.2 Å². The molecular weight excluding hydrogens is 216 g/mol. The summed E-state index contributed by atoms with van der Waals surface area (Å²) in [7, 11) is 0. The fraction of sp³-hybridized carbons (Fsp3) is 0.923. The Morgan fingerprint density at radius 3 is 2.24 bits per heavy atom. The highest BCUT2D eigenvalue weighted by Gasteiger charge is 2.55. The number of nitrogens with two attached hydrogens (primary N) is 1. The van der Waals surface area contributed by atoms with Crippen LogP contribution < -0.4 is 5.73 Å². The lowest BCUT2D eigenvalue weighted by atomic mass is 9.87. The monoisotopic (exact) mass is 240 g/mol. The molecular formula is C13H24N2O2. The first-order chi connectivity index (χ1) is 7.64. The van der Waals surface area contributed by atoms with Crippen molar-refractivity contribution in [3.8, 4) is 0 Å². The maximum Gasteiger partial charge on any atom is 0.410 e. The molecule has 1 atom stereocenters. The molecule has 1 unspecified atom stereocenters. The summed E-state index contributed by atoms with van der Waals surface area (Å²) in [5.41, 5.74) is 5.53. The van der Waals surface area contributed by atoms with Crippen LogP contribution in [0, 0.1) is 0 Å². The Morgan fingerprint density at radius 1 is 1.24 bits per heavy atom. The molecule has 1 saturated carbocycles. The van der Waals surface area contributed by atoms with Crippen LogP contribution in [0.2, 0.25) is 0 Å². The lowest BCUT2D eigenvalue weighted by molar-refractivity contribution is -0.00393. The Bertz CT molecular complexity index is 327. The third-order valence-corrected chi connectivity index (χ3v) is 3.69. The van der Waals surface area contributed by atoms with Crippen LogP contribution in [0.15, 0.2) is 0 Å². The quantitative estimate of drug-likeness (QED) is 0.706. The van der Waals surface area contributed by atoms with Crippen LogP contribution in [0.25, 0.3) is 0 Å². The van der Waals surface area contributed by atoms with Crippen LogP contribution in [-0.2, 0) is 4.74 Å². The van der Waals surface area contributed by atoms with Gasteiger partial charge in [-0.05, 0) is 53.4 Å². The SMILES string of the molecule is CC1(N)CCC2(CC2)N(C(=O)OC(C)(C)C)C1. The van der Waals surface area contributed by atoms with Crippen molar-refractivity contribution in [2.45, 2.75) is 70.1 Å². The van der Waals surface area contributed by atoms with Gasteiger partial charge in [0.1, 0.15) is 5.60 Å². The van der Waals surface area contributed by atoms with E-state index < -0.39 is 5.60 Å². The van der Waals surface area contributed by atoms with Gasteiger partial charge >= 0.3 is 6.09 Å². The second kappa shape index (κ2) is 3.61. The molecule has 0 radical (unpaired) electrons. The Balaban J connectivity index is 2.09. The molecule has 17 heavy (non-hydrogen) atoms. The zero-order chi connectivity index (χ0) is 12.9. The molecule has 2 fully saturated rings. The van der Waals surface area contributed by atoms with E-state index in [0.29, 0.717) is 6.54 Å². The summed E-state index contributed by atoms with van der Waals surface area (Å²) in [4.78, 5) is 14.1. The largest absolute Gasteiger partial charge is 0.444 e. The van der Waals surface area contributed by atoms with Gasteiger partial charge in [-0.15, -0.1) is 0 Å². The minimum Gasteiger partial charge on any atom is -0.444 e. The molecule has 4 nitrogen and oxygen atoms in total. The van der Waals surface area contributed by atoms with Crippen LogP contribution in [0.3, 0.4) is 0 Å². The van der Waals surface area contributed by atoms with E-state index in [1.54, 1.807) is 0 Å². The molecule has 98 valence electrons. The standard InChI is InChI=1S/C13H24N2O2/c1-11(2,3)17-10(16)15-9-12(4,14)5-6-13(15)7-8-13/h5-9,14H2,1-4H3. The normalized spacial score (nSPS) is 31.5. The molecule has 1 saturated heterocycles. The molecule has 1 spiro atoms. The van der Waals surface area contributed by atoms with E-state index in [4.69, 9.17) is 10.5 Å². The molecule has 1 aliphatic heterocycles. The number of ether oxygens (including phenoxy) is 1. The van der Waals surface area contributed by atoms with Crippen molar-refractivity contribution in [2.24, 2.45) is 5.73 Å². The highest BCUT2D eigenvalue weighted by molar-refractivity contribution is 5.70. The fourth-order valence-corrected chi connectivity index (χ4v) is 2.50. The van der Waals surface area contributed by atoms with E-state index in [9.17, 15) is 4.79 Å². The molecule has 0 bridgehead atoms. The van der Waals surface area contributed by atoms with Gasteiger partial charge in [0.2, 0.25) is 0 Å². The van der Waals surface area contributed by atoms with Gasteiger partial charge in [0, 0.05) is 17.6 Å². The minimum absolute atomic E-state index is 0.0706. The lowest BCUT2D eigenvalue weighted by Crippen LogP contribution is -2.59. The lowest BCUT2D eigenvalue weighted by Gasteiger charge is -2.44. The van der Waals surface area contributed by atoms with Crippen molar-refractivity contribution in [1.82, 2.24) is 4.90 Å². The van der Waals surface area contributed by atoms with Crippen molar-refractivity contribution >= 4 is 6.09 Å². The number of likely N-dealkylation sites (tertiary alicyclic amines) is 1. The Kier molecular flexibility index (Phi) is 2.69. The van der Waals surface area contributed by atoms with Crippen LogP contribution in [-0.4, -0.2) is 34.2 Å². The predicted molar refractivity (Wildman–Crippen MR) is 66.7 cm³/mol. The molecule has 1 amide bonds. The van der Waals surface area contributed by atoms with E-state index >= 15 is 0 Å². The van der Waals surface area contributed by atoms with Gasteiger partial charge in [-0.2, -0.15) is 0 Å². The number of piperidine rings is 1. The molecule has 1 heterocycles. The Labute approximate surface area is 103 Å². The molecule has 0 aromatic carbocycles. The number of hydrogen-bond acceptors (Lipinski definition) is 3. The van der Waals surface area contributed by atoms with Gasteiger partial charge < -0.3 is 15.4 Å². The van der Waals surface area contributed by atoms with Crippen LogP contribution >= 0.6 is 0 Å². The van der Waals surface area contributed by atoms with Crippen molar-refractivity contribution < 1.29 is 9.53 Å². The highest BCUT2D eigenvalue weighted by atomic mass is 16.6. The smallest absolute Gasteiger partial charge is 0.410 e. The Morgan fingerprint density at radius 2 is 1.76 bits per heavy atom. The highest BCUT2D eigenvalue weighted by Crippen LogP contribution is 2.50. The summed E-state index contributed by atoms with van der Waals surface area (Å²) >= 11 is 0. The van der Waals surface area contributed by atoms with Gasteiger partial charge in [0.05, 0.1) is 0 Å². The third kappa shape index (κ3) is 2.73. The maximum absolute atomic E-state index is 12.2. The van der Waals surface area contributed by atoms with Crippen LogP contribution in [0.1, 0.15) is 53.4 Å². The first-order valence-electron chi connectivity index (χ1n) is 6.43. The van der Waals surface area contributed by atoms with Gasteiger partial charge in [0.15, 0.2) is 0 Å². The molecule has 1 aliphatic carbocycles. The van der Waals surface area contributed by atoms with E-state index in [2.05, 4.69) is 0 Å². The number of carbonyl (C=O) groups is 1. The van der Waals surface area contributed by atoms with Gasteiger partial charge in [0.25, 0.3) is 0 Å². The summed E-state index contributed by atoms with van der Waals surface area (Å²) in [6.07, 6.45) is 4.00. The maximum atomic E-state index is 12.2. The topological polar surface area (TPSA) is 55.6 Å². The Hall–Kier alpha value is -0.770. The molecule has 0 aromatic heterocycles. The van der Waals surface area contributed by atoms with E-state index in [0.717, 1.165) is 25.7 Å². The number of nitrogens with zero attached hydrogens (tertiary/aromatic N) is 1. The van der Waals surface area contributed by atoms with Crippen molar-refractivity contribution in [3.63, 3.8) is 0 Å². The zero-order valence-corrected chi connectivity index (χ0v) is 11.4. The average molecular weight is 240 g/mol. The number of hydrogen-bond donors (Lipinski definition) is 1. The second-order valence-electron chi connectivity index (χ2n) is 6.94. The second-order valence-corrected chi connectivity index (χ2v) is 6.94. The van der Waals surface area contributed by atoms with Crippen LogP contribution in [0.4, 0.5) is 4.79 Å². The summed E-state index contributed by atoms with van der Waals surface area (Å²) in [5, 5.41) is 0. The zero-order valence-electron chi connectivity index (χ0n) is 11.4. The van der Waals surface area contributed by atoms with E-state index in [1.165, 1.54) is 0 Å². The molecule has 2 rings (SSSR count). The van der Waals surface area contributed by atoms with Crippen molar-refractivity contribution in [1.29, 1.82) is 0 Å². The number of amides is 1. The van der Waals surface area contributed by atoms with E-state index in [1.807, 2.05) is 32.6 Å². The first-order valence-corrected chi connectivity index (χ1v) is 6.43. The average Bonchev–Trinajstić information content (AvgIpc) is 2.88. The summed E-state index contributed by atoms with van der Waals surface area (Å²) in [5.74, 6) is 0. The van der Waals surface area contributed by atoms with Gasteiger partial charge in [-0.1, -0.05) is 0 Å². The summed E-state index contributed by atoms with van der Waals surface area (Å²) in [6, 6.07) is 0. The number of carbonyl (C=O) groups excluding carboxylic acids is 1. The first kappa shape index (κ1) is 12.7. The van der Waals surface area contributed by atoms with Gasteiger partial charge in [-0.3, -0.25) is 0 Å². The van der Waals surface area contributed by atoms with Crippen molar-refractivity contribution in [3.05, 3.63) is 0 Å². The summed E-state index contributed by atoms with van der Waals surface area (Å²) in [6.45, 7) is 8.32. The molecule has 4 heteroatoms. The summed E-state index contributed by atoms with van der Waals surface area (Å²) < 4.78 is 5.48. The minimum atomic E-state index is -0.435. The fourth-order valence-electron chi connectivity index (χ4n) is 2.50. The molecule has 0 aromatic rings. The number of rotatable bonds is 0. The predicted octanol–water partition coefficient (Wildman–Crippen LogP) is 2.27.